The first kappa shape index (κ1) is 7.06. The zero-order valence-electron chi connectivity index (χ0n) is 6.33. The minimum atomic E-state index is -0.0799. The molecular formula is C8H12N2. The summed E-state index contributed by atoms with van der Waals surface area (Å²) in [7, 11) is 1.78. The fourth-order valence-electron chi connectivity index (χ4n) is 0.935. The van der Waals surface area contributed by atoms with Crippen LogP contribution in [0.2, 0.25) is 0 Å². The van der Waals surface area contributed by atoms with Crippen molar-refractivity contribution in [3.05, 3.63) is 24.4 Å². The SMILES string of the molecule is CN=CC1(C)C=CC=CN1. The van der Waals surface area contributed by atoms with E-state index in [0.29, 0.717) is 0 Å². The van der Waals surface area contributed by atoms with E-state index in [1.165, 1.54) is 0 Å². The molecule has 2 nitrogen and oxygen atoms in total. The fraction of sp³-hybridized carbons (Fsp3) is 0.375. The maximum atomic E-state index is 3.96. The molecule has 1 aliphatic heterocycles. The molecule has 0 aromatic heterocycles. The summed E-state index contributed by atoms with van der Waals surface area (Å²) in [6.07, 6.45) is 9.85. The summed E-state index contributed by atoms with van der Waals surface area (Å²) in [6.45, 7) is 2.07. The molecule has 1 rings (SSSR count). The van der Waals surface area contributed by atoms with Crippen LogP contribution in [0.3, 0.4) is 0 Å². The Kier molecular flexibility index (Phi) is 1.90. The van der Waals surface area contributed by atoms with Gasteiger partial charge in [0.15, 0.2) is 0 Å². The summed E-state index contributed by atoms with van der Waals surface area (Å²) in [6, 6.07) is 0. The van der Waals surface area contributed by atoms with E-state index in [9.17, 15) is 0 Å². The van der Waals surface area contributed by atoms with E-state index in [2.05, 4.69) is 23.3 Å². The number of nitrogens with zero attached hydrogens (tertiary/aromatic N) is 1. The first-order chi connectivity index (χ1) is 4.77. The lowest BCUT2D eigenvalue weighted by molar-refractivity contribution is 0.661. The summed E-state index contributed by atoms with van der Waals surface area (Å²) < 4.78 is 0. The van der Waals surface area contributed by atoms with Gasteiger partial charge in [-0.25, -0.2) is 0 Å². The molecule has 0 fully saturated rings. The predicted molar refractivity (Wildman–Crippen MR) is 44.2 cm³/mol. The first-order valence-corrected chi connectivity index (χ1v) is 3.32. The molecule has 0 radical (unpaired) electrons. The van der Waals surface area contributed by atoms with Crippen LogP contribution in [-0.4, -0.2) is 18.8 Å². The van der Waals surface area contributed by atoms with Gasteiger partial charge in [-0.1, -0.05) is 12.2 Å². The van der Waals surface area contributed by atoms with E-state index >= 15 is 0 Å². The molecule has 0 saturated heterocycles. The highest BCUT2D eigenvalue weighted by Gasteiger charge is 2.15. The molecule has 1 aliphatic rings. The van der Waals surface area contributed by atoms with Gasteiger partial charge in [0, 0.05) is 13.3 Å². The van der Waals surface area contributed by atoms with Gasteiger partial charge in [0.25, 0.3) is 0 Å². The zero-order valence-corrected chi connectivity index (χ0v) is 6.33. The number of rotatable bonds is 1. The van der Waals surface area contributed by atoms with E-state index < -0.39 is 0 Å². The second kappa shape index (κ2) is 2.69. The third-order valence-electron chi connectivity index (χ3n) is 1.44. The third-order valence-corrected chi connectivity index (χ3v) is 1.44. The predicted octanol–water partition coefficient (Wildman–Crippen LogP) is 1.12. The standard InChI is InChI=1S/C8H12N2/c1-8(7-9-2)5-3-4-6-10-8/h3-7,10H,1-2H3. The van der Waals surface area contributed by atoms with Gasteiger partial charge in [0.05, 0.1) is 5.54 Å². The van der Waals surface area contributed by atoms with Gasteiger partial charge in [-0.15, -0.1) is 0 Å². The smallest absolute Gasteiger partial charge is 0.0877 e. The molecule has 1 N–H and O–H groups in total. The van der Waals surface area contributed by atoms with Crippen molar-refractivity contribution < 1.29 is 0 Å². The molecule has 2 heteroatoms. The molecule has 0 saturated carbocycles. The number of aliphatic imine (C=N–C) groups is 1. The quantitative estimate of drug-likeness (QED) is 0.537. The van der Waals surface area contributed by atoms with Crippen molar-refractivity contribution in [3.8, 4) is 0 Å². The van der Waals surface area contributed by atoms with Crippen molar-refractivity contribution in [2.45, 2.75) is 12.5 Å². The summed E-state index contributed by atoms with van der Waals surface area (Å²) >= 11 is 0. The lowest BCUT2D eigenvalue weighted by Crippen LogP contribution is -2.39. The first-order valence-electron chi connectivity index (χ1n) is 3.32. The topological polar surface area (TPSA) is 24.4 Å². The van der Waals surface area contributed by atoms with Crippen molar-refractivity contribution in [2.24, 2.45) is 4.99 Å². The average Bonchev–Trinajstić information content (AvgIpc) is 1.89. The summed E-state index contributed by atoms with van der Waals surface area (Å²) in [5.41, 5.74) is -0.0799. The second-order valence-corrected chi connectivity index (χ2v) is 2.53. The van der Waals surface area contributed by atoms with Crippen LogP contribution in [0.25, 0.3) is 0 Å². The zero-order chi connectivity index (χ0) is 7.45. The van der Waals surface area contributed by atoms with E-state index in [-0.39, 0.29) is 5.54 Å². The molecular weight excluding hydrogens is 124 g/mol. The number of hydrogen-bond donors (Lipinski definition) is 1. The van der Waals surface area contributed by atoms with Gasteiger partial charge >= 0.3 is 0 Å². The van der Waals surface area contributed by atoms with Gasteiger partial charge in [-0.2, -0.15) is 0 Å². The highest BCUT2D eigenvalue weighted by molar-refractivity contribution is 5.73. The van der Waals surface area contributed by atoms with Crippen molar-refractivity contribution in [1.29, 1.82) is 0 Å². The number of dihydropyridines is 1. The normalized spacial score (nSPS) is 31.0. The van der Waals surface area contributed by atoms with Gasteiger partial charge in [-0.05, 0) is 19.2 Å². The molecule has 0 spiro atoms. The molecule has 0 amide bonds. The Balaban J connectivity index is 2.70. The Morgan fingerprint density at radius 2 is 2.30 bits per heavy atom. The highest BCUT2D eigenvalue weighted by atomic mass is 15.0. The van der Waals surface area contributed by atoms with Crippen LogP contribution >= 0.6 is 0 Å². The van der Waals surface area contributed by atoms with Crippen LogP contribution in [-0.2, 0) is 0 Å². The number of nitrogens with one attached hydrogen (secondary N) is 1. The molecule has 1 heterocycles. The Morgan fingerprint density at radius 3 is 2.80 bits per heavy atom. The lowest BCUT2D eigenvalue weighted by Gasteiger charge is -2.23. The number of allylic oxidation sites excluding steroid dienone is 2. The minimum absolute atomic E-state index is 0.0799. The summed E-state index contributed by atoms with van der Waals surface area (Å²) in [5.74, 6) is 0. The fourth-order valence-corrected chi connectivity index (χ4v) is 0.935. The molecule has 10 heavy (non-hydrogen) atoms. The van der Waals surface area contributed by atoms with Gasteiger partial charge < -0.3 is 5.32 Å². The third kappa shape index (κ3) is 1.47. The maximum absolute atomic E-state index is 3.96. The molecule has 0 aromatic rings. The van der Waals surface area contributed by atoms with Gasteiger partial charge in [-0.3, -0.25) is 4.99 Å². The molecule has 0 bridgehead atoms. The Morgan fingerprint density at radius 1 is 1.50 bits per heavy atom. The molecule has 1 unspecified atom stereocenters. The Hall–Kier alpha value is -1.05. The highest BCUT2D eigenvalue weighted by Crippen LogP contribution is 2.06. The Bertz CT molecular complexity index is 191. The van der Waals surface area contributed by atoms with E-state index in [1.807, 2.05) is 24.6 Å². The van der Waals surface area contributed by atoms with E-state index in [1.54, 1.807) is 7.05 Å². The van der Waals surface area contributed by atoms with Crippen LogP contribution in [0.4, 0.5) is 0 Å². The van der Waals surface area contributed by atoms with Crippen LogP contribution in [0.15, 0.2) is 29.4 Å². The van der Waals surface area contributed by atoms with E-state index in [0.717, 1.165) is 0 Å². The Labute approximate surface area is 61.4 Å². The second-order valence-electron chi connectivity index (χ2n) is 2.53. The molecule has 54 valence electrons. The van der Waals surface area contributed by atoms with Crippen molar-refractivity contribution in [3.63, 3.8) is 0 Å². The lowest BCUT2D eigenvalue weighted by atomic mass is 10.0. The molecule has 0 aliphatic carbocycles. The maximum Gasteiger partial charge on any atom is 0.0877 e. The largest absolute Gasteiger partial charge is 0.377 e. The summed E-state index contributed by atoms with van der Waals surface area (Å²) in [5, 5.41) is 3.18. The van der Waals surface area contributed by atoms with Crippen molar-refractivity contribution in [2.75, 3.05) is 7.05 Å². The van der Waals surface area contributed by atoms with Crippen LogP contribution < -0.4 is 5.32 Å². The summed E-state index contributed by atoms with van der Waals surface area (Å²) in [4.78, 5) is 3.96. The van der Waals surface area contributed by atoms with Crippen molar-refractivity contribution >= 4 is 6.21 Å². The minimum Gasteiger partial charge on any atom is -0.377 e. The van der Waals surface area contributed by atoms with Gasteiger partial charge in [0.1, 0.15) is 0 Å². The molecule has 0 aromatic carbocycles. The monoisotopic (exact) mass is 136 g/mol. The molecule has 1 atom stereocenters. The van der Waals surface area contributed by atoms with Crippen LogP contribution in [0.1, 0.15) is 6.92 Å². The van der Waals surface area contributed by atoms with Crippen LogP contribution in [0.5, 0.6) is 0 Å². The number of hydrogen-bond acceptors (Lipinski definition) is 2. The average molecular weight is 136 g/mol. The van der Waals surface area contributed by atoms with Gasteiger partial charge in [0.2, 0.25) is 0 Å². The van der Waals surface area contributed by atoms with Crippen molar-refractivity contribution in [1.82, 2.24) is 5.32 Å². The van der Waals surface area contributed by atoms with E-state index in [4.69, 9.17) is 0 Å². The van der Waals surface area contributed by atoms with Crippen LogP contribution in [0, 0.1) is 0 Å².